The lowest BCUT2D eigenvalue weighted by Crippen LogP contribution is -2.36. The van der Waals surface area contributed by atoms with Crippen molar-refractivity contribution < 1.29 is 9.72 Å². The highest BCUT2D eigenvalue weighted by Crippen LogP contribution is 2.39. The van der Waals surface area contributed by atoms with Crippen molar-refractivity contribution in [1.82, 2.24) is 5.01 Å². The van der Waals surface area contributed by atoms with Crippen LogP contribution >= 0.6 is 0 Å². The number of hydrogen-bond acceptors (Lipinski definition) is 5. The van der Waals surface area contributed by atoms with E-state index in [1.54, 1.807) is 22.0 Å². The highest BCUT2D eigenvalue weighted by atomic mass is 16.6. The fourth-order valence-electron chi connectivity index (χ4n) is 5.16. The molecule has 190 valence electrons. The molecular weight excluding hydrogens is 466 g/mol. The Labute approximate surface area is 217 Å². The van der Waals surface area contributed by atoms with Gasteiger partial charge in [0, 0.05) is 43.4 Å². The topological polar surface area (TPSA) is 82.3 Å². The highest BCUT2D eigenvalue weighted by Gasteiger charge is 2.34. The molecule has 0 atom stereocenters. The van der Waals surface area contributed by atoms with Gasteiger partial charge in [0.2, 0.25) is 0 Å². The largest absolute Gasteiger partial charge is 0.378 e. The summed E-state index contributed by atoms with van der Waals surface area (Å²) in [5.41, 5.74) is 5.15. The van der Waals surface area contributed by atoms with Gasteiger partial charge in [0.15, 0.2) is 0 Å². The van der Waals surface area contributed by atoms with Crippen LogP contribution in [0.4, 0.5) is 27.5 Å². The molecule has 3 aromatic rings. The molecule has 0 aromatic heterocycles. The average Bonchev–Trinajstić information content (AvgIpc) is 3.03. The molecule has 8 nitrogen and oxygen atoms in total. The summed E-state index contributed by atoms with van der Waals surface area (Å²) in [6, 6.07) is 21.8. The number of nitrogens with zero attached hydrogens (tertiary/aromatic N) is 5. The Morgan fingerprint density at radius 2 is 1.68 bits per heavy atom. The summed E-state index contributed by atoms with van der Waals surface area (Å²) in [4.78, 5) is 28.7. The second-order valence-corrected chi connectivity index (χ2v) is 9.85. The van der Waals surface area contributed by atoms with Gasteiger partial charge >= 0.3 is 6.03 Å². The third kappa shape index (κ3) is 5.05. The van der Waals surface area contributed by atoms with Gasteiger partial charge in [0.05, 0.1) is 28.6 Å². The van der Waals surface area contributed by atoms with E-state index in [-0.39, 0.29) is 17.6 Å². The maximum atomic E-state index is 14.2. The van der Waals surface area contributed by atoms with Crippen molar-refractivity contribution in [3.63, 3.8) is 0 Å². The van der Waals surface area contributed by atoms with Crippen molar-refractivity contribution in [2.75, 3.05) is 23.9 Å². The summed E-state index contributed by atoms with van der Waals surface area (Å²) in [7, 11) is 3.99. The van der Waals surface area contributed by atoms with Crippen LogP contribution in [0.25, 0.3) is 0 Å². The normalized spacial score (nSPS) is 16.2. The van der Waals surface area contributed by atoms with Gasteiger partial charge in [-0.2, -0.15) is 5.10 Å². The zero-order valence-electron chi connectivity index (χ0n) is 21.2. The monoisotopic (exact) mass is 497 g/mol. The molecule has 5 rings (SSSR count). The van der Waals surface area contributed by atoms with Crippen LogP contribution in [0.5, 0.6) is 0 Å². The molecule has 1 aliphatic heterocycles. The molecule has 8 heteroatoms. The summed E-state index contributed by atoms with van der Waals surface area (Å²) in [6.07, 6.45) is 5.58. The van der Waals surface area contributed by atoms with Crippen LogP contribution in [0.15, 0.2) is 77.9 Å². The van der Waals surface area contributed by atoms with E-state index in [2.05, 4.69) is 6.07 Å². The molecule has 0 radical (unpaired) electrons. The van der Waals surface area contributed by atoms with Crippen LogP contribution < -0.4 is 9.80 Å². The fourth-order valence-corrected chi connectivity index (χ4v) is 5.16. The summed E-state index contributed by atoms with van der Waals surface area (Å²) in [5.74, 6) is 0.257. The first-order valence-electron chi connectivity index (χ1n) is 12.7. The Hall–Kier alpha value is -4.20. The Balaban J connectivity index is 1.69. The van der Waals surface area contributed by atoms with Gasteiger partial charge in [-0.25, -0.2) is 9.80 Å². The highest BCUT2D eigenvalue weighted by molar-refractivity contribution is 6.14. The van der Waals surface area contributed by atoms with Crippen LogP contribution in [-0.2, 0) is 6.54 Å². The molecule has 37 heavy (non-hydrogen) atoms. The third-order valence-corrected chi connectivity index (χ3v) is 7.14. The number of non-ortho nitro benzene ring substituents is 1. The number of anilines is 3. The van der Waals surface area contributed by atoms with Gasteiger partial charge in [0.1, 0.15) is 0 Å². The van der Waals surface area contributed by atoms with Crippen LogP contribution in [0.2, 0.25) is 0 Å². The van der Waals surface area contributed by atoms with Crippen LogP contribution in [0.1, 0.15) is 43.2 Å². The number of carbonyl (C=O) groups is 1. The Morgan fingerprint density at radius 3 is 2.32 bits per heavy atom. The van der Waals surface area contributed by atoms with E-state index in [9.17, 15) is 14.9 Å². The Morgan fingerprint density at radius 1 is 0.973 bits per heavy atom. The first-order valence-corrected chi connectivity index (χ1v) is 12.7. The van der Waals surface area contributed by atoms with Crippen LogP contribution in [-0.4, -0.2) is 35.8 Å². The van der Waals surface area contributed by atoms with E-state index in [1.807, 2.05) is 61.5 Å². The van der Waals surface area contributed by atoms with Gasteiger partial charge < -0.3 is 4.90 Å². The predicted octanol–water partition coefficient (Wildman–Crippen LogP) is 6.72. The number of urea groups is 1. The van der Waals surface area contributed by atoms with E-state index in [1.165, 1.54) is 18.6 Å². The lowest BCUT2D eigenvalue weighted by Gasteiger charge is -2.27. The molecule has 0 saturated heterocycles. The fraction of sp³-hybridized carbons (Fsp3) is 0.310. The van der Waals surface area contributed by atoms with Gasteiger partial charge in [0.25, 0.3) is 5.69 Å². The van der Waals surface area contributed by atoms with Crippen LogP contribution in [0.3, 0.4) is 0 Å². The summed E-state index contributed by atoms with van der Waals surface area (Å²) in [6.45, 7) is 0.327. The van der Waals surface area contributed by atoms with Gasteiger partial charge in [-0.1, -0.05) is 49.6 Å². The molecule has 0 bridgehead atoms. The molecule has 0 unspecified atom stereocenters. The molecule has 0 N–H and O–H groups in total. The molecule has 1 saturated carbocycles. The third-order valence-electron chi connectivity index (χ3n) is 7.14. The quantitative estimate of drug-likeness (QED) is 0.280. The molecule has 1 fully saturated rings. The summed E-state index contributed by atoms with van der Waals surface area (Å²) >= 11 is 0. The van der Waals surface area contributed by atoms with E-state index in [4.69, 9.17) is 5.10 Å². The number of nitro groups is 1. The number of hydrogen-bond donors (Lipinski definition) is 0. The lowest BCUT2D eigenvalue weighted by atomic mass is 9.82. The van der Waals surface area contributed by atoms with E-state index >= 15 is 0 Å². The maximum absolute atomic E-state index is 14.2. The number of amides is 2. The zero-order chi connectivity index (χ0) is 25.9. The van der Waals surface area contributed by atoms with Crippen molar-refractivity contribution in [2.45, 2.75) is 38.6 Å². The van der Waals surface area contributed by atoms with Crippen molar-refractivity contribution in [2.24, 2.45) is 11.0 Å². The van der Waals surface area contributed by atoms with Crippen molar-refractivity contribution in [1.29, 1.82) is 0 Å². The van der Waals surface area contributed by atoms with E-state index < -0.39 is 4.92 Å². The van der Waals surface area contributed by atoms with Gasteiger partial charge in [-0.05, 0) is 48.7 Å². The molecule has 1 heterocycles. The van der Waals surface area contributed by atoms with Crippen molar-refractivity contribution in [3.8, 4) is 0 Å². The van der Waals surface area contributed by atoms with Crippen molar-refractivity contribution in [3.05, 3.63) is 94.0 Å². The SMILES string of the molecule is CN(C)c1ccc2c(c1)C(C1CCCCC1)=NN(Cc1ccccc1)C(=O)N2c1ccc([N+](=O)[O-])cc1. The number of hydrazone groups is 1. The molecule has 0 spiro atoms. The summed E-state index contributed by atoms with van der Waals surface area (Å²) < 4.78 is 0. The molecule has 2 amide bonds. The first-order chi connectivity index (χ1) is 17.9. The molecule has 2 aliphatic rings. The maximum Gasteiger partial charge on any atom is 0.349 e. The van der Waals surface area contributed by atoms with Gasteiger partial charge in [-0.3, -0.25) is 15.0 Å². The number of fused-ring (bicyclic) bond motifs is 1. The van der Waals surface area contributed by atoms with E-state index in [0.717, 1.165) is 53.9 Å². The first kappa shape index (κ1) is 24.5. The second-order valence-electron chi connectivity index (χ2n) is 9.85. The Bertz CT molecular complexity index is 1320. The van der Waals surface area contributed by atoms with Crippen molar-refractivity contribution >= 4 is 34.5 Å². The summed E-state index contributed by atoms with van der Waals surface area (Å²) in [5, 5.41) is 17.9. The number of rotatable bonds is 6. The standard InChI is InChI=1S/C29H31N5O3/c1-31(2)25-17-18-27-26(19-25)28(22-11-7-4-8-12-22)30-32(20-21-9-5-3-6-10-21)29(35)33(27)23-13-15-24(16-14-23)34(36)37/h3,5-6,9-10,13-19,22H,4,7-8,11-12,20H2,1-2H3. The number of benzene rings is 3. The minimum Gasteiger partial charge on any atom is -0.378 e. The number of nitro benzene ring substituents is 1. The number of carbonyl (C=O) groups excluding carboxylic acids is 1. The lowest BCUT2D eigenvalue weighted by molar-refractivity contribution is -0.384. The minimum atomic E-state index is -0.433. The molecule has 1 aliphatic carbocycles. The van der Waals surface area contributed by atoms with Gasteiger partial charge in [-0.15, -0.1) is 0 Å². The molecule has 3 aromatic carbocycles. The Kier molecular flexibility index (Phi) is 6.90. The minimum absolute atomic E-state index is 0.0190. The average molecular weight is 498 g/mol. The second kappa shape index (κ2) is 10.4. The van der Waals surface area contributed by atoms with Crippen LogP contribution in [0, 0.1) is 16.0 Å². The predicted molar refractivity (Wildman–Crippen MR) is 146 cm³/mol. The van der Waals surface area contributed by atoms with E-state index in [0.29, 0.717) is 12.2 Å². The smallest absolute Gasteiger partial charge is 0.349 e. The zero-order valence-corrected chi connectivity index (χ0v) is 21.2. The molecular formula is C29H31N5O3.